The number of piperidine rings is 2. The molecule has 3 heterocycles. The molecule has 0 spiro atoms. The summed E-state index contributed by atoms with van der Waals surface area (Å²) >= 11 is 0. The van der Waals surface area contributed by atoms with Gasteiger partial charge in [0.1, 0.15) is 0 Å². The topological polar surface area (TPSA) is 48.7 Å². The van der Waals surface area contributed by atoms with Crippen LogP contribution in [0.25, 0.3) is 0 Å². The van der Waals surface area contributed by atoms with Gasteiger partial charge in [0, 0.05) is 39.1 Å². The number of hydrogen-bond acceptors (Lipinski definition) is 3. The second-order valence-electron chi connectivity index (χ2n) is 7.93. The van der Waals surface area contributed by atoms with Crippen molar-refractivity contribution in [3.63, 3.8) is 0 Å². The van der Waals surface area contributed by atoms with Crippen LogP contribution >= 0.6 is 24.0 Å². The molecule has 6 nitrogen and oxygen atoms in total. The van der Waals surface area contributed by atoms with Crippen molar-refractivity contribution in [1.29, 1.82) is 0 Å². The van der Waals surface area contributed by atoms with Crippen molar-refractivity contribution in [2.24, 2.45) is 16.8 Å². The fourth-order valence-electron chi connectivity index (χ4n) is 4.41. The van der Waals surface area contributed by atoms with Crippen LogP contribution in [0.2, 0.25) is 0 Å². The molecule has 0 aromatic carbocycles. The molecule has 0 saturated carbocycles. The number of hydrogen-bond donors (Lipinski definition) is 1. The molecule has 7 heteroatoms. The van der Waals surface area contributed by atoms with E-state index in [9.17, 15) is 0 Å². The summed E-state index contributed by atoms with van der Waals surface area (Å²) in [5.74, 6) is 2.60. The first-order chi connectivity index (χ1) is 12.7. The zero-order valence-electron chi connectivity index (χ0n) is 17.2. The van der Waals surface area contributed by atoms with Crippen LogP contribution in [0, 0.1) is 11.8 Å². The van der Waals surface area contributed by atoms with E-state index in [1.807, 2.05) is 19.6 Å². The summed E-state index contributed by atoms with van der Waals surface area (Å²) in [7, 11) is 1.91. The molecule has 3 rings (SSSR count). The number of nitrogens with zero attached hydrogens (tertiary/aromatic N) is 5. The Bertz CT molecular complexity index is 553. The Balaban J connectivity index is 0.00000261. The minimum atomic E-state index is 0. The molecule has 1 N–H and O–H groups in total. The lowest BCUT2D eigenvalue weighted by Crippen LogP contribution is -2.49. The van der Waals surface area contributed by atoms with Crippen LogP contribution in [0.15, 0.2) is 23.7 Å². The van der Waals surface area contributed by atoms with Gasteiger partial charge in [-0.15, -0.1) is 24.0 Å². The SMILES string of the molecule is CCN1CCC(CCNC(=NC)N2CCC(C)C(n3ccnc3)C2)CC1.I. The Morgan fingerprint density at radius 1 is 1.22 bits per heavy atom. The summed E-state index contributed by atoms with van der Waals surface area (Å²) < 4.78 is 2.26. The van der Waals surface area contributed by atoms with E-state index in [4.69, 9.17) is 0 Å². The molecular weight excluding hydrogens is 451 g/mol. The van der Waals surface area contributed by atoms with Gasteiger partial charge in [0.05, 0.1) is 12.4 Å². The van der Waals surface area contributed by atoms with E-state index in [0.717, 1.165) is 31.5 Å². The van der Waals surface area contributed by atoms with Crippen molar-refractivity contribution < 1.29 is 0 Å². The van der Waals surface area contributed by atoms with Crippen LogP contribution in [0.5, 0.6) is 0 Å². The maximum Gasteiger partial charge on any atom is 0.193 e. The smallest absolute Gasteiger partial charge is 0.193 e. The van der Waals surface area contributed by atoms with Gasteiger partial charge in [-0.3, -0.25) is 4.99 Å². The lowest BCUT2D eigenvalue weighted by molar-refractivity contribution is 0.182. The Morgan fingerprint density at radius 2 is 2.00 bits per heavy atom. The van der Waals surface area contributed by atoms with Crippen molar-refractivity contribution in [2.45, 2.75) is 45.6 Å². The van der Waals surface area contributed by atoms with Gasteiger partial charge < -0.3 is 19.7 Å². The fourth-order valence-corrected chi connectivity index (χ4v) is 4.41. The Morgan fingerprint density at radius 3 is 2.63 bits per heavy atom. The number of likely N-dealkylation sites (tertiary alicyclic amines) is 2. The van der Waals surface area contributed by atoms with Gasteiger partial charge in [-0.2, -0.15) is 0 Å². The molecule has 2 aliphatic heterocycles. The number of halogens is 1. The standard InChI is InChI=1S/C20H36N6.HI/c1-4-24-11-7-18(8-12-24)5-9-23-20(21-3)25-13-6-17(2)19(15-25)26-14-10-22-16-26;/h10,14,16-19H,4-9,11-13,15H2,1-3H3,(H,21,23);1H. The molecule has 2 aliphatic rings. The molecule has 2 saturated heterocycles. The zero-order chi connectivity index (χ0) is 18.4. The highest BCUT2D eigenvalue weighted by Crippen LogP contribution is 2.27. The second-order valence-corrected chi connectivity index (χ2v) is 7.93. The van der Waals surface area contributed by atoms with Crippen molar-refractivity contribution >= 4 is 29.9 Å². The fraction of sp³-hybridized carbons (Fsp3) is 0.800. The molecule has 1 aromatic heterocycles. The van der Waals surface area contributed by atoms with E-state index in [1.54, 1.807) is 0 Å². The quantitative estimate of drug-likeness (QED) is 0.393. The van der Waals surface area contributed by atoms with E-state index < -0.39 is 0 Å². The minimum Gasteiger partial charge on any atom is -0.356 e. The molecule has 1 aromatic rings. The van der Waals surface area contributed by atoms with Gasteiger partial charge in [0.25, 0.3) is 0 Å². The van der Waals surface area contributed by atoms with Crippen LogP contribution in [-0.2, 0) is 0 Å². The van der Waals surface area contributed by atoms with E-state index in [2.05, 4.69) is 49.7 Å². The summed E-state index contributed by atoms with van der Waals surface area (Å²) in [5, 5.41) is 3.63. The first-order valence-corrected chi connectivity index (χ1v) is 10.4. The van der Waals surface area contributed by atoms with E-state index >= 15 is 0 Å². The van der Waals surface area contributed by atoms with E-state index in [1.165, 1.54) is 45.3 Å². The summed E-state index contributed by atoms with van der Waals surface area (Å²) in [4.78, 5) is 13.8. The van der Waals surface area contributed by atoms with Gasteiger partial charge in [-0.25, -0.2) is 4.98 Å². The highest BCUT2D eigenvalue weighted by atomic mass is 127. The third-order valence-electron chi connectivity index (χ3n) is 6.33. The largest absolute Gasteiger partial charge is 0.356 e. The minimum absolute atomic E-state index is 0. The molecule has 154 valence electrons. The van der Waals surface area contributed by atoms with Crippen LogP contribution in [0.1, 0.15) is 45.6 Å². The summed E-state index contributed by atoms with van der Waals surface area (Å²) in [6.07, 6.45) is 11.1. The molecular formula is C20H37IN6. The number of imidazole rings is 1. The molecule has 0 amide bonds. The number of rotatable bonds is 5. The predicted octanol–water partition coefficient (Wildman–Crippen LogP) is 3.08. The van der Waals surface area contributed by atoms with Crippen molar-refractivity contribution in [3.05, 3.63) is 18.7 Å². The Kier molecular flexibility index (Phi) is 9.35. The lowest BCUT2D eigenvalue weighted by Gasteiger charge is -2.39. The molecule has 2 atom stereocenters. The van der Waals surface area contributed by atoms with E-state index in [0.29, 0.717) is 12.0 Å². The van der Waals surface area contributed by atoms with Gasteiger partial charge in [0.15, 0.2) is 5.96 Å². The maximum atomic E-state index is 4.56. The number of aliphatic imine (C=N–C) groups is 1. The van der Waals surface area contributed by atoms with Gasteiger partial charge in [0.2, 0.25) is 0 Å². The number of guanidine groups is 1. The van der Waals surface area contributed by atoms with Crippen LogP contribution in [0.4, 0.5) is 0 Å². The first kappa shape index (κ1) is 22.5. The van der Waals surface area contributed by atoms with Gasteiger partial charge in [-0.05, 0) is 57.2 Å². The monoisotopic (exact) mass is 488 g/mol. The third kappa shape index (κ3) is 6.07. The molecule has 2 unspecified atom stereocenters. The van der Waals surface area contributed by atoms with Crippen molar-refractivity contribution in [3.8, 4) is 0 Å². The van der Waals surface area contributed by atoms with Crippen LogP contribution in [-0.4, -0.2) is 71.6 Å². The predicted molar refractivity (Wildman–Crippen MR) is 123 cm³/mol. The molecule has 27 heavy (non-hydrogen) atoms. The average molecular weight is 488 g/mol. The van der Waals surface area contributed by atoms with E-state index in [-0.39, 0.29) is 24.0 Å². The van der Waals surface area contributed by atoms with Gasteiger partial charge >= 0.3 is 0 Å². The Labute approximate surface area is 181 Å². The molecule has 0 bridgehead atoms. The molecule has 0 radical (unpaired) electrons. The van der Waals surface area contributed by atoms with Crippen molar-refractivity contribution in [1.82, 2.24) is 24.7 Å². The average Bonchev–Trinajstić information content (AvgIpc) is 3.21. The highest BCUT2D eigenvalue weighted by molar-refractivity contribution is 14.0. The summed E-state index contributed by atoms with van der Waals surface area (Å²) in [5.41, 5.74) is 0. The number of aromatic nitrogens is 2. The van der Waals surface area contributed by atoms with Crippen molar-refractivity contribution in [2.75, 3.05) is 46.3 Å². The second kappa shape index (κ2) is 11.2. The van der Waals surface area contributed by atoms with Crippen LogP contribution < -0.4 is 5.32 Å². The normalized spacial score (nSPS) is 25.3. The molecule has 2 fully saturated rings. The van der Waals surface area contributed by atoms with Crippen LogP contribution in [0.3, 0.4) is 0 Å². The van der Waals surface area contributed by atoms with Gasteiger partial charge in [-0.1, -0.05) is 13.8 Å². The third-order valence-corrected chi connectivity index (χ3v) is 6.33. The Hall–Kier alpha value is -0.830. The molecule has 0 aliphatic carbocycles. The maximum absolute atomic E-state index is 4.56. The summed E-state index contributed by atoms with van der Waals surface area (Å²) in [6, 6.07) is 0.475. The first-order valence-electron chi connectivity index (χ1n) is 10.4. The zero-order valence-corrected chi connectivity index (χ0v) is 19.5. The number of nitrogens with one attached hydrogen (secondary N) is 1. The highest BCUT2D eigenvalue weighted by Gasteiger charge is 2.29. The summed E-state index contributed by atoms with van der Waals surface area (Å²) in [6.45, 7) is 11.5. The lowest BCUT2D eigenvalue weighted by atomic mass is 9.93.